The molecule has 0 heterocycles. The van der Waals surface area contributed by atoms with Gasteiger partial charge in [0.1, 0.15) is 5.78 Å². The van der Waals surface area contributed by atoms with Crippen molar-refractivity contribution in [3.05, 3.63) is 0 Å². The standard InChI is InChI=1S/C10H24NO4P/c1-7(2)14-16(13,15-8(3)4)9(11)10(5,6)12/h7-9,12H,11H2,1-6H3. The summed E-state index contributed by atoms with van der Waals surface area (Å²) < 4.78 is 23.0. The molecule has 0 fully saturated rings. The minimum Gasteiger partial charge on any atom is -0.388 e. The minimum absolute atomic E-state index is 0.280. The average Bonchev–Trinajstić information content (AvgIpc) is 1.97. The van der Waals surface area contributed by atoms with E-state index in [1.54, 1.807) is 27.7 Å². The van der Waals surface area contributed by atoms with Crippen LogP contribution in [0.4, 0.5) is 0 Å². The molecule has 0 amide bonds. The van der Waals surface area contributed by atoms with Crippen LogP contribution in [0.3, 0.4) is 0 Å². The van der Waals surface area contributed by atoms with E-state index >= 15 is 0 Å². The summed E-state index contributed by atoms with van der Waals surface area (Å²) in [6.07, 6.45) is -0.559. The summed E-state index contributed by atoms with van der Waals surface area (Å²) in [7, 11) is -3.52. The summed E-state index contributed by atoms with van der Waals surface area (Å²) >= 11 is 0. The summed E-state index contributed by atoms with van der Waals surface area (Å²) in [5.74, 6) is -1.07. The third-order valence-electron chi connectivity index (χ3n) is 1.78. The Hall–Kier alpha value is 0.0700. The van der Waals surface area contributed by atoms with Gasteiger partial charge in [-0.25, -0.2) is 0 Å². The van der Waals surface area contributed by atoms with Crippen molar-refractivity contribution >= 4 is 7.60 Å². The minimum atomic E-state index is -3.52. The van der Waals surface area contributed by atoms with Gasteiger partial charge in [0.25, 0.3) is 0 Å². The van der Waals surface area contributed by atoms with Crippen molar-refractivity contribution in [2.75, 3.05) is 0 Å². The molecular formula is C10H24NO4P. The van der Waals surface area contributed by atoms with Crippen LogP contribution in [0, 0.1) is 0 Å². The first-order chi connectivity index (χ1) is 6.99. The molecule has 0 radical (unpaired) electrons. The van der Waals surface area contributed by atoms with Gasteiger partial charge in [0.2, 0.25) is 0 Å². The van der Waals surface area contributed by atoms with E-state index in [0.29, 0.717) is 0 Å². The average molecular weight is 253 g/mol. The third kappa shape index (κ3) is 4.93. The molecule has 1 unspecified atom stereocenters. The van der Waals surface area contributed by atoms with Crippen molar-refractivity contribution in [3.8, 4) is 0 Å². The molecule has 0 bridgehead atoms. The fraction of sp³-hybridized carbons (Fsp3) is 1.00. The van der Waals surface area contributed by atoms with Gasteiger partial charge in [-0.05, 0) is 41.5 Å². The van der Waals surface area contributed by atoms with Crippen LogP contribution in [0.2, 0.25) is 0 Å². The molecule has 0 spiro atoms. The molecule has 16 heavy (non-hydrogen) atoms. The first-order valence-electron chi connectivity index (χ1n) is 5.43. The van der Waals surface area contributed by atoms with Crippen molar-refractivity contribution in [2.24, 2.45) is 5.73 Å². The number of rotatable bonds is 6. The molecule has 98 valence electrons. The normalized spacial score (nSPS) is 15.9. The first kappa shape index (κ1) is 16.1. The maximum absolute atomic E-state index is 12.5. The first-order valence-corrected chi connectivity index (χ1v) is 7.04. The lowest BCUT2D eigenvalue weighted by atomic mass is 10.1. The van der Waals surface area contributed by atoms with Crippen LogP contribution >= 0.6 is 7.60 Å². The Bertz CT molecular complexity index is 246. The lowest BCUT2D eigenvalue weighted by molar-refractivity contribution is 0.0523. The van der Waals surface area contributed by atoms with Gasteiger partial charge in [-0.3, -0.25) is 4.57 Å². The van der Waals surface area contributed by atoms with E-state index in [2.05, 4.69) is 0 Å². The number of hydrogen-bond donors (Lipinski definition) is 2. The summed E-state index contributed by atoms with van der Waals surface area (Å²) in [5.41, 5.74) is 4.44. The largest absolute Gasteiger partial charge is 0.388 e. The molecule has 0 saturated carbocycles. The Morgan fingerprint density at radius 3 is 1.62 bits per heavy atom. The Morgan fingerprint density at radius 2 is 1.44 bits per heavy atom. The van der Waals surface area contributed by atoms with Gasteiger partial charge >= 0.3 is 7.60 Å². The highest BCUT2D eigenvalue weighted by Gasteiger charge is 2.43. The molecule has 0 aromatic heterocycles. The highest BCUT2D eigenvalue weighted by Crippen LogP contribution is 2.55. The molecule has 0 aromatic carbocycles. The lowest BCUT2D eigenvalue weighted by Crippen LogP contribution is -2.44. The molecule has 1 atom stereocenters. The SMILES string of the molecule is CC(C)OP(=O)(OC(C)C)C(N)C(C)(C)O. The second-order valence-electron chi connectivity index (χ2n) is 4.95. The summed E-state index contributed by atoms with van der Waals surface area (Å²) in [6.45, 7) is 9.94. The van der Waals surface area contributed by atoms with E-state index in [1.807, 2.05) is 0 Å². The maximum atomic E-state index is 12.5. The van der Waals surface area contributed by atoms with Gasteiger partial charge in [-0.2, -0.15) is 0 Å². The van der Waals surface area contributed by atoms with Crippen molar-refractivity contribution < 1.29 is 18.7 Å². The van der Waals surface area contributed by atoms with Crippen molar-refractivity contribution in [1.82, 2.24) is 0 Å². The molecule has 0 aliphatic carbocycles. The van der Waals surface area contributed by atoms with Gasteiger partial charge in [0.05, 0.1) is 17.8 Å². The van der Waals surface area contributed by atoms with Crippen LogP contribution in [-0.4, -0.2) is 28.7 Å². The lowest BCUT2D eigenvalue weighted by Gasteiger charge is -2.33. The second-order valence-corrected chi connectivity index (χ2v) is 7.00. The highest BCUT2D eigenvalue weighted by atomic mass is 31.2. The molecule has 3 N–H and O–H groups in total. The van der Waals surface area contributed by atoms with E-state index < -0.39 is 19.0 Å². The predicted molar refractivity (Wildman–Crippen MR) is 64.3 cm³/mol. The molecule has 0 aliphatic rings. The van der Waals surface area contributed by atoms with Crippen LogP contribution in [0.25, 0.3) is 0 Å². The second kappa shape index (κ2) is 5.61. The molecule has 0 rings (SSSR count). The van der Waals surface area contributed by atoms with Gasteiger partial charge < -0.3 is 19.9 Å². The number of aliphatic hydroxyl groups is 1. The van der Waals surface area contributed by atoms with Crippen molar-refractivity contribution in [2.45, 2.75) is 65.1 Å². The zero-order valence-electron chi connectivity index (χ0n) is 10.9. The fourth-order valence-corrected chi connectivity index (χ4v) is 3.39. The van der Waals surface area contributed by atoms with Gasteiger partial charge in [-0.15, -0.1) is 0 Å². The third-order valence-corrected chi connectivity index (χ3v) is 4.52. The Morgan fingerprint density at radius 1 is 1.12 bits per heavy atom. The van der Waals surface area contributed by atoms with Crippen molar-refractivity contribution in [1.29, 1.82) is 0 Å². The van der Waals surface area contributed by atoms with E-state index in [0.717, 1.165) is 0 Å². The molecule has 0 aliphatic heterocycles. The van der Waals surface area contributed by atoms with Gasteiger partial charge in [0.15, 0.2) is 0 Å². The van der Waals surface area contributed by atoms with Crippen LogP contribution in [0.5, 0.6) is 0 Å². The van der Waals surface area contributed by atoms with Crippen LogP contribution < -0.4 is 5.73 Å². The topological polar surface area (TPSA) is 81.8 Å². The Balaban J connectivity index is 5.00. The van der Waals surface area contributed by atoms with E-state index in [-0.39, 0.29) is 12.2 Å². The molecule has 6 heteroatoms. The predicted octanol–water partition coefficient (Wildman–Crippen LogP) is 2.09. The van der Waals surface area contributed by atoms with E-state index in [1.165, 1.54) is 13.8 Å². The summed E-state index contributed by atoms with van der Waals surface area (Å²) in [5, 5.41) is 9.79. The zero-order valence-corrected chi connectivity index (χ0v) is 11.8. The van der Waals surface area contributed by atoms with E-state index in [9.17, 15) is 9.67 Å². The van der Waals surface area contributed by atoms with Crippen LogP contribution in [-0.2, 0) is 13.6 Å². The Kier molecular flexibility index (Phi) is 5.63. The van der Waals surface area contributed by atoms with Crippen LogP contribution in [0.15, 0.2) is 0 Å². The molecular weight excluding hydrogens is 229 g/mol. The Labute approximate surface area is 97.8 Å². The molecule has 5 nitrogen and oxygen atoms in total. The number of hydrogen-bond acceptors (Lipinski definition) is 5. The number of nitrogens with two attached hydrogens (primary N) is 1. The highest BCUT2D eigenvalue weighted by molar-refractivity contribution is 7.54. The molecule has 0 aromatic rings. The monoisotopic (exact) mass is 253 g/mol. The quantitative estimate of drug-likeness (QED) is 0.708. The maximum Gasteiger partial charge on any atom is 0.350 e. The van der Waals surface area contributed by atoms with Gasteiger partial charge in [-0.1, -0.05) is 0 Å². The molecule has 0 saturated heterocycles. The van der Waals surface area contributed by atoms with E-state index in [4.69, 9.17) is 14.8 Å². The fourth-order valence-electron chi connectivity index (χ4n) is 1.13. The van der Waals surface area contributed by atoms with Crippen LogP contribution in [0.1, 0.15) is 41.5 Å². The zero-order chi connectivity index (χ0) is 13.1. The smallest absolute Gasteiger partial charge is 0.350 e. The summed E-state index contributed by atoms with van der Waals surface area (Å²) in [4.78, 5) is 0. The van der Waals surface area contributed by atoms with Gasteiger partial charge in [0, 0.05) is 0 Å². The summed E-state index contributed by atoms with van der Waals surface area (Å²) in [6, 6.07) is 0. The van der Waals surface area contributed by atoms with Crippen molar-refractivity contribution in [3.63, 3.8) is 0 Å².